The van der Waals surface area contributed by atoms with Gasteiger partial charge in [0.25, 0.3) is 0 Å². The van der Waals surface area contributed by atoms with Crippen molar-refractivity contribution in [1.82, 2.24) is 4.98 Å². The predicted molar refractivity (Wildman–Crippen MR) is 210 cm³/mol. The maximum Gasteiger partial charge on any atom is 0.164 e. The van der Waals surface area contributed by atoms with Crippen LogP contribution in [0.4, 0.5) is 17.1 Å². The van der Waals surface area contributed by atoms with Crippen LogP contribution in [0.3, 0.4) is 0 Å². The minimum atomic E-state index is -1.81. The molecule has 6 heteroatoms. The Labute approximate surface area is 313 Å². The van der Waals surface area contributed by atoms with Crippen LogP contribution in [0.2, 0.25) is 13.1 Å². The second-order valence-corrected chi connectivity index (χ2v) is 19.0. The van der Waals surface area contributed by atoms with Gasteiger partial charge in [0.1, 0.15) is 13.8 Å². The molecule has 1 radical (unpaired) electrons. The molecule has 50 heavy (non-hydrogen) atoms. The summed E-state index contributed by atoms with van der Waals surface area (Å²) < 4.78 is 0. The summed E-state index contributed by atoms with van der Waals surface area (Å²) in [5.41, 5.74) is 7.76. The standard InChI is InChI=1S/C29H21N2Si.C15H28O2.Ir/c1-32(2)25-14-8-13-23-27(25)28-26(32)15-16-30-29(28)22-17-19-9-6-7-10-20(19)18-24(22)31(23)21-11-4-3-5-12-21;1-7-14(5,8-2)12(16)11-13(17)15(6,9-3)10-4;/h3-16,18H,1-2H3;11,16H,7-10H2,1-6H3;/q-1;;/b;12-11-;. The average molecular weight is 858 g/mol. The number of aromatic nitrogens is 1. The van der Waals surface area contributed by atoms with Crippen molar-refractivity contribution in [3.63, 3.8) is 0 Å². The molecule has 0 saturated heterocycles. The first-order chi connectivity index (χ1) is 23.4. The van der Waals surface area contributed by atoms with Gasteiger partial charge in [-0.25, -0.2) is 0 Å². The van der Waals surface area contributed by atoms with Crippen molar-refractivity contribution in [2.24, 2.45) is 10.8 Å². The largest absolute Gasteiger partial charge is 0.512 e. The molecule has 0 atom stereocenters. The topological polar surface area (TPSA) is 53.4 Å². The summed E-state index contributed by atoms with van der Waals surface area (Å²) in [7, 11) is -1.81. The number of hydrogen-bond acceptors (Lipinski definition) is 4. The van der Waals surface area contributed by atoms with Gasteiger partial charge >= 0.3 is 0 Å². The smallest absolute Gasteiger partial charge is 0.164 e. The van der Waals surface area contributed by atoms with E-state index in [4.69, 9.17) is 4.98 Å². The van der Waals surface area contributed by atoms with Crippen LogP contribution in [-0.4, -0.2) is 23.9 Å². The molecule has 5 aromatic rings. The molecule has 0 saturated carbocycles. The number of carbonyl (C=O) groups is 1. The van der Waals surface area contributed by atoms with Crippen LogP contribution in [0.15, 0.2) is 103 Å². The Balaban J connectivity index is 0.000000234. The van der Waals surface area contributed by atoms with E-state index in [1.807, 2.05) is 47.7 Å². The SMILES string of the molecule is CCC(C)(CC)C(=O)/C=C(\O)C(C)(CC)CC.C[Si]1(C)c2cccc3c2-c2c1ccnc2-c1[c-]c2ccccc2cc1N3c1ccccc1.[Ir]. The van der Waals surface area contributed by atoms with Gasteiger partial charge in [-0.2, -0.15) is 0 Å². The Kier molecular flexibility index (Phi) is 10.8. The number of aliphatic hydroxyl groups is 1. The van der Waals surface area contributed by atoms with Gasteiger partial charge in [0.2, 0.25) is 0 Å². The van der Waals surface area contributed by atoms with Gasteiger partial charge in [0.05, 0.1) is 0 Å². The van der Waals surface area contributed by atoms with Gasteiger partial charge in [0, 0.05) is 60.3 Å². The van der Waals surface area contributed by atoms with E-state index in [1.54, 1.807) is 0 Å². The summed E-state index contributed by atoms with van der Waals surface area (Å²) in [5, 5.41) is 15.4. The van der Waals surface area contributed by atoms with E-state index < -0.39 is 8.07 Å². The number of para-hydroxylation sites is 1. The first-order valence-corrected chi connectivity index (χ1v) is 20.8. The minimum Gasteiger partial charge on any atom is -0.512 e. The minimum absolute atomic E-state index is 0. The van der Waals surface area contributed by atoms with Crippen LogP contribution < -0.4 is 15.3 Å². The third-order valence-corrected chi connectivity index (χ3v) is 15.2. The summed E-state index contributed by atoms with van der Waals surface area (Å²) in [5.74, 6) is 0.286. The van der Waals surface area contributed by atoms with E-state index in [1.165, 1.54) is 38.6 Å². The Bertz CT molecular complexity index is 2060. The van der Waals surface area contributed by atoms with Crippen LogP contribution >= 0.6 is 0 Å². The van der Waals surface area contributed by atoms with Gasteiger partial charge < -0.3 is 10.0 Å². The molecular weight excluding hydrogens is 809 g/mol. The molecule has 0 bridgehead atoms. The molecule has 0 fully saturated rings. The van der Waals surface area contributed by atoms with Crippen LogP contribution in [-0.2, 0) is 24.9 Å². The number of carbonyl (C=O) groups excluding carboxylic acids is 1. The van der Waals surface area contributed by atoms with Gasteiger partial charge in [0.15, 0.2) is 5.78 Å². The number of ketones is 1. The van der Waals surface area contributed by atoms with Gasteiger partial charge in [-0.1, -0.05) is 125 Å². The molecule has 261 valence electrons. The Hall–Kier alpha value is -3.83. The Morgan fingerprint density at radius 2 is 1.42 bits per heavy atom. The number of aliphatic hydroxyl groups excluding tert-OH is 1. The van der Waals surface area contributed by atoms with E-state index in [2.05, 4.69) is 109 Å². The van der Waals surface area contributed by atoms with E-state index in [0.29, 0.717) is 0 Å². The van der Waals surface area contributed by atoms with E-state index in [-0.39, 0.29) is 42.5 Å². The number of allylic oxidation sites excluding steroid dienone is 2. The third-order valence-electron chi connectivity index (χ3n) is 11.7. The third kappa shape index (κ3) is 6.20. The molecule has 1 N–H and O–H groups in total. The number of anilines is 3. The second-order valence-electron chi connectivity index (χ2n) is 14.6. The molecule has 2 aliphatic heterocycles. The summed E-state index contributed by atoms with van der Waals surface area (Å²) in [6.45, 7) is 17.0. The van der Waals surface area contributed by atoms with E-state index in [0.717, 1.165) is 53.7 Å². The molecule has 0 aliphatic carbocycles. The Morgan fingerprint density at radius 1 is 0.800 bits per heavy atom. The van der Waals surface area contributed by atoms with Crippen molar-refractivity contribution < 1.29 is 30.0 Å². The van der Waals surface area contributed by atoms with Gasteiger partial charge in [-0.05, 0) is 71.9 Å². The summed E-state index contributed by atoms with van der Waals surface area (Å²) >= 11 is 0. The summed E-state index contributed by atoms with van der Waals surface area (Å²) in [6, 6.07) is 34.4. The fourth-order valence-electron chi connectivity index (χ4n) is 7.26. The maximum atomic E-state index is 12.2. The zero-order valence-electron chi connectivity index (χ0n) is 30.6. The van der Waals surface area contributed by atoms with Gasteiger partial charge in [-0.15, -0.1) is 17.5 Å². The number of pyridine rings is 1. The number of fused-ring (bicyclic) bond motifs is 3. The van der Waals surface area contributed by atoms with Crippen molar-refractivity contribution >= 4 is 52.1 Å². The normalized spacial score (nSPS) is 14.2. The van der Waals surface area contributed by atoms with E-state index >= 15 is 0 Å². The number of hydrogen-bond donors (Lipinski definition) is 1. The molecule has 7 rings (SSSR count). The molecule has 0 amide bonds. The van der Waals surface area contributed by atoms with Crippen LogP contribution in [0.1, 0.15) is 67.2 Å². The fourth-order valence-corrected chi connectivity index (χ4v) is 10.3. The first-order valence-electron chi connectivity index (χ1n) is 17.8. The van der Waals surface area contributed by atoms with Crippen molar-refractivity contribution in [2.45, 2.75) is 80.3 Å². The first kappa shape index (κ1) is 37.4. The Morgan fingerprint density at radius 3 is 2.08 bits per heavy atom. The maximum absolute atomic E-state index is 12.2. The van der Waals surface area contributed by atoms with Crippen molar-refractivity contribution in [2.75, 3.05) is 4.90 Å². The molecule has 4 nitrogen and oxygen atoms in total. The molecule has 1 aromatic heterocycles. The molecule has 4 aromatic carbocycles. The van der Waals surface area contributed by atoms with Crippen molar-refractivity contribution in [3.05, 3.63) is 109 Å². The molecular formula is C44H49IrN2O2Si-. The zero-order valence-corrected chi connectivity index (χ0v) is 34.0. The molecule has 2 aliphatic rings. The summed E-state index contributed by atoms with van der Waals surface area (Å²) in [6.07, 6.45) is 6.75. The van der Waals surface area contributed by atoms with Crippen LogP contribution in [0.5, 0.6) is 0 Å². The molecule has 0 unspecified atom stereocenters. The number of nitrogens with zero attached hydrogens (tertiary/aromatic N) is 2. The fraction of sp³-hybridized carbons (Fsp3) is 0.318. The number of rotatable bonds is 8. The average Bonchev–Trinajstić information content (AvgIpc) is 3.30. The number of benzene rings is 4. The second kappa shape index (κ2) is 14.4. The monoisotopic (exact) mass is 858 g/mol. The molecule has 3 heterocycles. The predicted octanol–water partition coefficient (Wildman–Crippen LogP) is 10.9. The summed E-state index contributed by atoms with van der Waals surface area (Å²) in [4.78, 5) is 19.6. The van der Waals surface area contributed by atoms with Crippen LogP contribution in [0, 0.1) is 16.9 Å². The van der Waals surface area contributed by atoms with Crippen molar-refractivity contribution in [1.29, 1.82) is 0 Å². The van der Waals surface area contributed by atoms with Crippen molar-refractivity contribution in [3.8, 4) is 22.4 Å². The van der Waals surface area contributed by atoms with Gasteiger partial charge in [-0.3, -0.25) is 9.78 Å². The van der Waals surface area contributed by atoms with Crippen LogP contribution in [0.25, 0.3) is 33.2 Å². The van der Waals surface area contributed by atoms with E-state index in [9.17, 15) is 9.90 Å². The molecule has 0 spiro atoms. The zero-order chi connectivity index (χ0) is 35.1. The quantitative estimate of drug-likeness (QED) is 0.0717.